The van der Waals surface area contributed by atoms with Crippen molar-refractivity contribution in [2.75, 3.05) is 42.5 Å². The molecule has 1 aromatic heterocycles. The number of aldehydes is 1. The van der Waals surface area contributed by atoms with E-state index in [0.717, 1.165) is 60.8 Å². The first-order valence-corrected chi connectivity index (χ1v) is 13.5. The second-order valence-corrected chi connectivity index (χ2v) is 10.5. The highest BCUT2D eigenvalue weighted by atomic mass is 35.5. The Morgan fingerprint density at radius 2 is 1.57 bits per heavy atom. The number of anilines is 2. The number of carbonyl (C=O) groups is 3. The molecule has 0 N–H and O–H groups in total. The van der Waals surface area contributed by atoms with Gasteiger partial charge in [0.25, 0.3) is 5.91 Å². The Morgan fingerprint density at radius 1 is 0.875 bits per heavy atom. The number of alkyl halides is 3. The molecular formula is C29H28ClF3N4O3. The summed E-state index contributed by atoms with van der Waals surface area (Å²) >= 11 is 6.02. The summed E-state index contributed by atoms with van der Waals surface area (Å²) in [6.07, 6.45) is -0.757. The van der Waals surface area contributed by atoms with Crippen molar-refractivity contribution in [1.29, 1.82) is 0 Å². The normalized spacial score (nSPS) is 17.0. The minimum absolute atomic E-state index is 0.0124. The van der Waals surface area contributed by atoms with E-state index in [1.54, 1.807) is 0 Å². The highest BCUT2D eigenvalue weighted by Crippen LogP contribution is 2.34. The van der Waals surface area contributed by atoms with Gasteiger partial charge in [-0.25, -0.2) is 0 Å². The summed E-state index contributed by atoms with van der Waals surface area (Å²) < 4.78 is 33.3. The molecule has 40 heavy (non-hydrogen) atoms. The van der Waals surface area contributed by atoms with Crippen molar-refractivity contribution in [1.82, 2.24) is 9.47 Å². The summed E-state index contributed by atoms with van der Waals surface area (Å²) in [5.74, 6) is 0.138. The monoisotopic (exact) mass is 572 g/mol. The topological polar surface area (TPSA) is 65.9 Å². The third kappa shape index (κ3) is 6.08. The van der Waals surface area contributed by atoms with Gasteiger partial charge in [-0.2, -0.15) is 13.2 Å². The van der Waals surface area contributed by atoms with Crippen LogP contribution in [0, 0.1) is 0 Å². The zero-order valence-electron chi connectivity index (χ0n) is 21.7. The van der Waals surface area contributed by atoms with Crippen LogP contribution in [0.3, 0.4) is 0 Å². The third-order valence-corrected chi connectivity index (χ3v) is 7.64. The summed E-state index contributed by atoms with van der Waals surface area (Å²) in [4.78, 5) is 41.0. The van der Waals surface area contributed by atoms with E-state index in [9.17, 15) is 22.8 Å². The summed E-state index contributed by atoms with van der Waals surface area (Å²) in [5.41, 5.74) is 5.59. The number of hydrogen-bond donors (Lipinski definition) is 0. The van der Waals surface area contributed by atoms with Gasteiger partial charge >= 0.3 is 6.18 Å². The molecule has 0 spiro atoms. The minimum atomic E-state index is -4.64. The van der Waals surface area contributed by atoms with Gasteiger partial charge in [0, 0.05) is 54.3 Å². The van der Waals surface area contributed by atoms with Crippen LogP contribution in [0.1, 0.15) is 28.9 Å². The van der Waals surface area contributed by atoms with Gasteiger partial charge in [-0.3, -0.25) is 14.4 Å². The van der Waals surface area contributed by atoms with Gasteiger partial charge in [-0.1, -0.05) is 23.7 Å². The Morgan fingerprint density at radius 3 is 2.25 bits per heavy atom. The summed E-state index contributed by atoms with van der Waals surface area (Å²) in [5, 5.41) is 0.694. The third-order valence-electron chi connectivity index (χ3n) is 7.38. The molecule has 3 aromatic rings. The second-order valence-electron chi connectivity index (χ2n) is 10.0. The number of aromatic nitrogens is 1. The van der Waals surface area contributed by atoms with Crippen molar-refractivity contribution in [2.24, 2.45) is 0 Å². The van der Waals surface area contributed by atoms with E-state index in [1.165, 1.54) is 12.8 Å². The lowest BCUT2D eigenvalue weighted by molar-refractivity contribution is -0.156. The lowest BCUT2D eigenvalue weighted by Gasteiger charge is -2.29. The molecule has 2 amide bonds. The van der Waals surface area contributed by atoms with Crippen LogP contribution in [0.2, 0.25) is 5.02 Å². The van der Waals surface area contributed by atoms with Gasteiger partial charge in [0.2, 0.25) is 12.2 Å². The Bertz CT molecular complexity index is 1410. The van der Waals surface area contributed by atoms with Crippen molar-refractivity contribution in [3.63, 3.8) is 0 Å². The number of nitrogens with zero attached hydrogens (tertiary/aromatic N) is 4. The van der Waals surface area contributed by atoms with E-state index in [0.29, 0.717) is 23.7 Å². The van der Waals surface area contributed by atoms with E-state index >= 15 is 0 Å². The number of likely N-dealkylation sites (tertiary alicyclic amines) is 1. The fraction of sp³-hybridized carbons (Fsp3) is 0.345. The zero-order chi connectivity index (χ0) is 28.4. The molecule has 1 saturated heterocycles. The molecule has 6 rings (SSSR count). The van der Waals surface area contributed by atoms with E-state index in [4.69, 9.17) is 16.4 Å². The van der Waals surface area contributed by atoms with Crippen molar-refractivity contribution in [3.8, 4) is 11.1 Å². The lowest BCUT2D eigenvalue weighted by atomic mass is 10.1. The van der Waals surface area contributed by atoms with Gasteiger partial charge < -0.3 is 19.3 Å². The van der Waals surface area contributed by atoms with Gasteiger partial charge in [-0.05, 0) is 73.5 Å². The van der Waals surface area contributed by atoms with Crippen LogP contribution in [0.15, 0.2) is 54.7 Å². The highest BCUT2D eigenvalue weighted by molar-refractivity contribution is 6.30. The predicted octanol–water partition coefficient (Wildman–Crippen LogP) is 5.20. The molecule has 210 valence electrons. The Balaban J connectivity index is 0.000000487. The lowest BCUT2D eigenvalue weighted by Crippen LogP contribution is -2.40. The number of benzene rings is 2. The largest absolute Gasteiger partial charge is 0.446 e. The summed E-state index contributed by atoms with van der Waals surface area (Å²) in [7, 11) is 0. The van der Waals surface area contributed by atoms with Gasteiger partial charge in [0.05, 0.1) is 6.42 Å². The molecule has 1 fully saturated rings. The van der Waals surface area contributed by atoms with Crippen LogP contribution in [0.5, 0.6) is 0 Å². The van der Waals surface area contributed by atoms with E-state index < -0.39 is 12.5 Å². The molecule has 0 atom stereocenters. The van der Waals surface area contributed by atoms with Crippen LogP contribution in [0.4, 0.5) is 24.5 Å². The van der Waals surface area contributed by atoms with Crippen molar-refractivity contribution >= 4 is 41.1 Å². The van der Waals surface area contributed by atoms with E-state index in [-0.39, 0.29) is 11.8 Å². The Hall–Kier alpha value is -3.63. The maximum Gasteiger partial charge on any atom is 0.446 e. The van der Waals surface area contributed by atoms with Crippen LogP contribution in [0.25, 0.3) is 11.1 Å². The number of halogens is 4. The SMILES string of the molecule is O=C1c2cc(-c3ccc(Cl)cc3)cn2CCN1c1ccc2c(c1)CC(=O)N2CCN1CCCC1.O=CC(F)(F)F. The molecule has 0 radical (unpaired) electrons. The molecular weight excluding hydrogens is 545 g/mol. The maximum absolute atomic E-state index is 13.4. The zero-order valence-corrected chi connectivity index (χ0v) is 22.4. The second kappa shape index (κ2) is 11.5. The molecule has 2 aromatic carbocycles. The molecule has 0 aliphatic carbocycles. The average molecular weight is 573 g/mol. The highest BCUT2D eigenvalue weighted by Gasteiger charge is 2.31. The van der Waals surface area contributed by atoms with E-state index in [1.807, 2.05) is 69.1 Å². The molecule has 7 nitrogen and oxygen atoms in total. The molecule has 3 aliphatic heterocycles. The standard InChI is InChI=1S/C27H27ClN4O2.C2HF3O/c28-22-5-3-19(4-6-22)21-16-25-27(34)31(14-12-30(25)18-21)23-7-8-24-20(15-23)17-26(33)32(24)13-11-29-9-1-2-10-29;3-2(4,5)1-6/h3-8,15-16,18H,1-2,9-14,17H2;1H. The van der Waals surface area contributed by atoms with Crippen LogP contribution in [-0.2, 0) is 22.6 Å². The molecule has 0 saturated carbocycles. The first-order valence-electron chi connectivity index (χ1n) is 13.1. The molecule has 0 bridgehead atoms. The Kier molecular flexibility index (Phi) is 8.00. The quantitative estimate of drug-likeness (QED) is 0.394. The summed E-state index contributed by atoms with van der Waals surface area (Å²) in [6.45, 7) is 5.25. The molecule has 11 heteroatoms. The first kappa shape index (κ1) is 27.9. The fourth-order valence-corrected chi connectivity index (χ4v) is 5.52. The van der Waals surface area contributed by atoms with Crippen molar-refractivity contribution in [2.45, 2.75) is 32.0 Å². The van der Waals surface area contributed by atoms with Gasteiger partial charge in [0.1, 0.15) is 5.69 Å². The number of rotatable bonds is 5. The fourth-order valence-electron chi connectivity index (χ4n) is 5.40. The average Bonchev–Trinajstić information content (AvgIpc) is 3.67. The predicted molar refractivity (Wildman–Crippen MR) is 147 cm³/mol. The number of carbonyl (C=O) groups excluding carboxylic acids is 3. The Labute approximate surface area is 234 Å². The van der Waals surface area contributed by atoms with Crippen LogP contribution in [-0.4, -0.2) is 66.5 Å². The minimum Gasteiger partial charge on any atom is -0.341 e. The van der Waals surface area contributed by atoms with Crippen molar-refractivity contribution in [3.05, 3.63) is 71.0 Å². The molecule has 4 heterocycles. The van der Waals surface area contributed by atoms with E-state index in [2.05, 4.69) is 4.90 Å². The maximum atomic E-state index is 13.4. The number of fused-ring (bicyclic) bond motifs is 2. The smallest absolute Gasteiger partial charge is 0.341 e. The number of hydrogen-bond acceptors (Lipinski definition) is 4. The summed E-state index contributed by atoms with van der Waals surface area (Å²) in [6, 6.07) is 15.6. The molecule has 3 aliphatic rings. The van der Waals surface area contributed by atoms with Crippen LogP contribution < -0.4 is 9.80 Å². The molecule has 0 unspecified atom stereocenters. The first-order chi connectivity index (χ1) is 19.1. The number of amides is 2. The van der Waals surface area contributed by atoms with Gasteiger partial charge in [-0.15, -0.1) is 0 Å². The van der Waals surface area contributed by atoms with Crippen molar-refractivity contribution < 1.29 is 27.6 Å². The van der Waals surface area contributed by atoms with Crippen LogP contribution >= 0.6 is 11.6 Å². The van der Waals surface area contributed by atoms with Gasteiger partial charge in [0.15, 0.2) is 0 Å².